The molecular weight excluding hydrogens is 592 g/mol. The van der Waals surface area contributed by atoms with E-state index in [2.05, 4.69) is 15.6 Å². The van der Waals surface area contributed by atoms with E-state index in [1.165, 1.54) is 6.08 Å². The van der Waals surface area contributed by atoms with E-state index in [0.29, 0.717) is 30.0 Å². The second-order valence-corrected chi connectivity index (χ2v) is 11.4. The van der Waals surface area contributed by atoms with Gasteiger partial charge in [-0.1, -0.05) is 12.1 Å². The number of nitrogens with one attached hydrogen (secondary N) is 2. The van der Waals surface area contributed by atoms with Gasteiger partial charge in [0.15, 0.2) is 0 Å². The molecule has 1 aliphatic carbocycles. The van der Waals surface area contributed by atoms with Gasteiger partial charge in [-0.15, -0.1) is 0 Å². The Hall–Kier alpha value is -4.87. The maximum absolute atomic E-state index is 15.1. The summed E-state index contributed by atoms with van der Waals surface area (Å²) < 4.78 is 44.8. The Morgan fingerprint density at radius 3 is 2.48 bits per heavy atom. The highest BCUT2D eigenvalue weighted by Crippen LogP contribution is 2.37. The Labute approximate surface area is 264 Å². The number of anilines is 1. The molecule has 6 rings (SSSR count). The highest BCUT2D eigenvalue weighted by Gasteiger charge is 2.22. The van der Waals surface area contributed by atoms with Gasteiger partial charge >= 0.3 is 0 Å². The lowest BCUT2D eigenvalue weighted by Crippen LogP contribution is -2.35. The fourth-order valence-corrected chi connectivity index (χ4v) is 6.13. The average molecular weight is 628 g/mol. The van der Waals surface area contributed by atoms with Crippen molar-refractivity contribution < 1.29 is 27.8 Å². The van der Waals surface area contributed by atoms with Crippen LogP contribution >= 0.6 is 0 Å². The topological polar surface area (TPSA) is 98.9 Å². The first kappa shape index (κ1) is 31.1. The van der Waals surface area contributed by atoms with Crippen LogP contribution in [0, 0.1) is 11.6 Å². The SMILES string of the molecule is COc1cc2c(cc1-c1cccn3c(C(=O)c4cc(F)c(NC(=O)/C=C/CNC5CCC(OC)CC5)c(F)c4)ccc13)ncn2C. The summed E-state index contributed by atoms with van der Waals surface area (Å²) in [4.78, 5) is 30.4. The highest BCUT2D eigenvalue weighted by molar-refractivity contribution is 6.09. The van der Waals surface area contributed by atoms with Crippen LogP contribution in [0.4, 0.5) is 14.5 Å². The van der Waals surface area contributed by atoms with Crippen LogP contribution in [0.25, 0.3) is 27.7 Å². The Morgan fingerprint density at radius 1 is 1.00 bits per heavy atom. The van der Waals surface area contributed by atoms with Crippen molar-refractivity contribution in [3.63, 3.8) is 0 Å². The van der Waals surface area contributed by atoms with E-state index in [-0.39, 0.29) is 11.3 Å². The maximum Gasteiger partial charge on any atom is 0.248 e. The van der Waals surface area contributed by atoms with Crippen molar-refractivity contribution in [1.82, 2.24) is 19.3 Å². The number of ether oxygens (including phenoxy) is 2. The van der Waals surface area contributed by atoms with Gasteiger partial charge < -0.3 is 29.1 Å². The number of ketones is 1. The third kappa shape index (κ3) is 6.16. The highest BCUT2D eigenvalue weighted by atomic mass is 19.1. The number of rotatable bonds is 10. The van der Waals surface area contributed by atoms with E-state index in [1.54, 1.807) is 55.4 Å². The lowest BCUT2D eigenvalue weighted by molar-refractivity contribution is -0.112. The van der Waals surface area contributed by atoms with Gasteiger partial charge in [-0.25, -0.2) is 13.8 Å². The minimum Gasteiger partial charge on any atom is -0.496 e. The van der Waals surface area contributed by atoms with Crippen LogP contribution in [0.1, 0.15) is 41.7 Å². The van der Waals surface area contributed by atoms with E-state index in [4.69, 9.17) is 9.47 Å². The fourth-order valence-electron chi connectivity index (χ4n) is 6.13. The summed E-state index contributed by atoms with van der Waals surface area (Å²) in [5, 5.41) is 5.62. The van der Waals surface area contributed by atoms with Gasteiger partial charge in [0.05, 0.1) is 41.8 Å². The van der Waals surface area contributed by atoms with Gasteiger partial charge in [0.25, 0.3) is 0 Å². The standard InChI is InChI=1S/C35H35F2N5O4/c1-41-20-39-28-18-25(32(46-3)19-31(28)41)24-6-5-15-42-29(24)12-13-30(42)35(44)21-16-26(36)34(27(37)17-21)40-33(43)7-4-14-38-22-8-10-23(45-2)11-9-22/h4-7,12-13,15-20,22-23,38H,8-11,14H2,1-3H3,(H,40,43)/b7-4+. The van der Waals surface area contributed by atoms with Crippen LogP contribution in [0.2, 0.25) is 0 Å². The van der Waals surface area contributed by atoms with Crippen molar-refractivity contribution in [3.05, 3.63) is 96.1 Å². The minimum absolute atomic E-state index is 0.186. The number of imidazole rings is 1. The Bertz CT molecular complexity index is 1930. The summed E-state index contributed by atoms with van der Waals surface area (Å²) in [7, 11) is 5.21. The molecule has 1 fully saturated rings. The minimum atomic E-state index is -1.05. The third-order valence-corrected chi connectivity index (χ3v) is 8.62. The molecule has 9 nitrogen and oxygen atoms in total. The molecule has 2 N–H and O–H groups in total. The molecule has 1 saturated carbocycles. The molecule has 3 heterocycles. The lowest BCUT2D eigenvalue weighted by atomic mass is 9.93. The molecular formula is C35H35F2N5O4. The van der Waals surface area contributed by atoms with Gasteiger partial charge in [0.1, 0.15) is 23.1 Å². The van der Waals surface area contributed by atoms with Crippen LogP contribution in [-0.4, -0.2) is 58.6 Å². The molecule has 238 valence electrons. The van der Waals surface area contributed by atoms with Crippen molar-refractivity contribution >= 4 is 33.9 Å². The van der Waals surface area contributed by atoms with Crippen LogP contribution in [-0.2, 0) is 16.6 Å². The number of hydrogen-bond acceptors (Lipinski definition) is 6. The van der Waals surface area contributed by atoms with E-state index in [1.807, 2.05) is 29.8 Å². The number of amides is 1. The number of aryl methyl sites for hydroxylation is 1. The summed E-state index contributed by atoms with van der Waals surface area (Å²) >= 11 is 0. The molecule has 0 radical (unpaired) electrons. The first-order valence-corrected chi connectivity index (χ1v) is 15.1. The predicted molar refractivity (Wildman–Crippen MR) is 172 cm³/mol. The summed E-state index contributed by atoms with van der Waals surface area (Å²) in [5.41, 5.74) is 3.39. The largest absolute Gasteiger partial charge is 0.496 e. The van der Waals surface area contributed by atoms with E-state index in [9.17, 15) is 9.59 Å². The summed E-state index contributed by atoms with van der Waals surface area (Å²) in [6.45, 7) is 0.450. The first-order chi connectivity index (χ1) is 22.3. The number of carbonyl (C=O) groups is 2. The zero-order valence-electron chi connectivity index (χ0n) is 25.8. The second-order valence-electron chi connectivity index (χ2n) is 11.4. The summed E-state index contributed by atoms with van der Waals surface area (Å²) in [5.74, 6) is -2.71. The van der Waals surface area contributed by atoms with Crippen molar-refractivity contribution in [2.75, 3.05) is 26.1 Å². The molecule has 3 aromatic heterocycles. The fraction of sp³-hybridized carbons (Fsp3) is 0.286. The average Bonchev–Trinajstić information content (AvgIpc) is 3.67. The second kappa shape index (κ2) is 13.2. The van der Waals surface area contributed by atoms with Crippen molar-refractivity contribution in [3.8, 4) is 16.9 Å². The summed E-state index contributed by atoms with van der Waals surface area (Å²) in [6, 6.07) is 13.1. The van der Waals surface area contributed by atoms with Crippen LogP contribution in [0.5, 0.6) is 5.75 Å². The smallest absolute Gasteiger partial charge is 0.248 e. The van der Waals surface area contributed by atoms with E-state index < -0.39 is 29.0 Å². The normalized spacial score (nSPS) is 16.8. The van der Waals surface area contributed by atoms with Gasteiger partial charge in [-0.05, 0) is 62.1 Å². The molecule has 0 spiro atoms. The lowest BCUT2D eigenvalue weighted by Gasteiger charge is -2.27. The molecule has 5 aromatic rings. The molecule has 0 saturated heterocycles. The molecule has 0 atom stereocenters. The van der Waals surface area contributed by atoms with E-state index >= 15 is 8.78 Å². The molecule has 0 bridgehead atoms. The maximum atomic E-state index is 15.1. The Balaban J connectivity index is 1.18. The third-order valence-electron chi connectivity index (χ3n) is 8.62. The van der Waals surface area contributed by atoms with Crippen molar-refractivity contribution in [2.24, 2.45) is 7.05 Å². The molecule has 1 amide bonds. The van der Waals surface area contributed by atoms with Crippen LogP contribution in [0.3, 0.4) is 0 Å². The Kier molecular flexibility index (Phi) is 8.96. The summed E-state index contributed by atoms with van der Waals surface area (Å²) in [6.07, 6.45) is 10.5. The van der Waals surface area contributed by atoms with Crippen LogP contribution < -0.4 is 15.4 Å². The molecule has 0 unspecified atom stereocenters. The van der Waals surface area contributed by atoms with Crippen molar-refractivity contribution in [1.29, 1.82) is 0 Å². The number of hydrogen-bond donors (Lipinski definition) is 2. The number of nitrogens with zero attached hydrogens (tertiary/aromatic N) is 3. The van der Waals surface area contributed by atoms with Gasteiger partial charge in [0.2, 0.25) is 11.7 Å². The Morgan fingerprint density at radius 2 is 1.76 bits per heavy atom. The van der Waals surface area contributed by atoms with Crippen molar-refractivity contribution in [2.45, 2.75) is 37.8 Å². The zero-order valence-corrected chi connectivity index (χ0v) is 25.8. The first-order valence-electron chi connectivity index (χ1n) is 15.1. The van der Waals surface area contributed by atoms with Gasteiger partial charge in [-0.2, -0.15) is 0 Å². The number of fused-ring (bicyclic) bond motifs is 2. The number of methoxy groups -OCH3 is 2. The molecule has 46 heavy (non-hydrogen) atoms. The number of aromatic nitrogens is 3. The predicted octanol–water partition coefficient (Wildman–Crippen LogP) is 6.05. The molecule has 2 aromatic carbocycles. The van der Waals surface area contributed by atoms with Gasteiger partial charge in [0, 0.05) is 61.8 Å². The monoisotopic (exact) mass is 627 g/mol. The number of carbonyl (C=O) groups excluding carboxylic acids is 2. The number of benzene rings is 2. The number of halogens is 2. The zero-order chi connectivity index (χ0) is 32.4. The number of pyridine rings is 1. The van der Waals surface area contributed by atoms with E-state index in [0.717, 1.165) is 60.0 Å². The molecule has 1 aliphatic rings. The quantitative estimate of drug-likeness (QED) is 0.145. The molecule has 0 aliphatic heterocycles. The van der Waals surface area contributed by atoms with Gasteiger partial charge in [-0.3, -0.25) is 9.59 Å². The molecule has 11 heteroatoms. The van der Waals surface area contributed by atoms with Crippen LogP contribution in [0.15, 0.2) is 73.2 Å².